The van der Waals surface area contributed by atoms with Gasteiger partial charge in [0.15, 0.2) is 0 Å². The molecule has 7 heteroatoms. The highest BCUT2D eigenvalue weighted by atomic mass is 16.5. The molecule has 0 aliphatic heterocycles. The molecular weight excluding hydrogens is 210 g/mol. The molecular formula is C9H9N5O2. The standard InChI is InChI=1S/C9H9N5O2/c1-7-2-8(14-5-11-12-13-14)3-10-9(7)4-16-6-15/h2-3,5-6H,4H2,1H3. The third-order valence-electron chi connectivity index (χ3n) is 2.07. The molecule has 0 aliphatic rings. The van der Waals surface area contributed by atoms with Crippen LogP contribution in [-0.4, -0.2) is 31.7 Å². The monoisotopic (exact) mass is 219 g/mol. The minimum atomic E-state index is 0.172. The number of rotatable bonds is 4. The second kappa shape index (κ2) is 4.47. The van der Waals surface area contributed by atoms with Gasteiger partial charge in [0.1, 0.15) is 12.9 Å². The van der Waals surface area contributed by atoms with Crippen molar-refractivity contribution in [2.24, 2.45) is 0 Å². The molecule has 0 N–H and O–H groups in total. The number of carbonyl (C=O) groups is 1. The van der Waals surface area contributed by atoms with E-state index in [2.05, 4.69) is 25.2 Å². The van der Waals surface area contributed by atoms with Crippen LogP contribution < -0.4 is 0 Å². The zero-order chi connectivity index (χ0) is 11.4. The van der Waals surface area contributed by atoms with E-state index in [1.54, 1.807) is 6.20 Å². The Balaban J connectivity index is 2.26. The van der Waals surface area contributed by atoms with Gasteiger partial charge < -0.3 is 4.74 Å². The Kier molecular flexibility index (Phi) is 2.86. The Hall–Kier alpha value is -2.31. The number of carbonyl (C=O) groups excluding carboxylic acids is 1. The van der Waals surface area contributed by atoms with Gasteiger partial charge in [0.25, 0.3) is 6.47 Å². The normalized spacial score (nSPS) is 10.1. The van der Waals surface area contributed by atoms with E-state index in [1.807, 2.05) is 13.0 Å². The molecule has 0 aromatic carbocycles. The number of aryl methyl sites for hydroxylation is 1. The molecule has 2 aromatic heterocycles. The van der Waals surface area contributed by atoms with Crippen molar-refractivity contribution in [3.05, 3.63) is 29.8 Å². The first-order valence-electron chi connectivity index (χ1n) is 4.55. The molecule has 0 amide bonds. The SMILES string of the molecule is Cc1cc(-n2cnnn2)cnc1COC=O. The molecule has 0 bridgehead atoms. The van der Waals surface area contributed by atoms with Crippen LogP contribution in [0.5, 0.6) is 0 Å². The van der Waals surface area contributed by atoms with Gasteiger partial charge >= 0.3 is 0 Å². The number of hydrogen-bond donors (Lipinski definition) is 0. The van der Waals surface area contributed by atoms with Crippen molar-refractivity contribution in [2.75, 3.05) is 0 Å². The first kappa shape index (κ1) is 10.2. The second-order valence-corrected chi connectivity index (χ2v) is 3.12. The van der Waals surface area contributed by atoms with Gasteiger partial charge in [-0.05, 0) is 29.0 Å². The molecule has 2 heterocycles. The van der Waals surface area contributed by atoms with Crippen molar-refractivity contribution < 1.29 is 9.53 Å². The molecule has 2 rings (SSSR count). The van der Waals surface area contributed by atoms with Gasteiger partial charge in [-0.15, -0.1) is 5.10 Å². The van der Waals surface area contributed by atoms with Gasteiger partial charge in [-0.25, -0.2) is 0 Å². The summed E-state index contributed by atoms with van der Waals surface area (Å²) in [7, 11) is 0. The summed E-state index contributed by atoms with van der Waals surface area (Å²) in [6.45, 7) is 2.45. The molecule has 0 unspecified atom stereocenters. The summed E-state index contributed by atoms with van der Waals surface area (Å²) >= 11 is 0. The van der Waals surface area contributed by atoms with E-state index in [9.17, 15) is 4.79 Å². The van der Waals surface area contributed by atoms with E-state index >= 15 is 0 Å². The van der Waals surface area contributed by atoms with Gasteiger partial charge in [0.05, 0.1) is 17.6 Å². The first-order valence-corrected chi connectivity index (χ1v) is 4.55. The van der Waals surface area contributed by atoms with Crippen LogP contribution in [0, 0.1) is 6.92 Å². The van der Waals surface area contributed by atoms with Crippen molar-refractivity contribution in [1.29, 1.82) is 0 Å². The van der Waals surface area contributed by atoms with E-state index in [4.69, 9.17) is 0 Å². The van der Waals surface area contributed by atoms with E-state index in [0.717, 1.165) is 11.3 Å². The number of ether oxygens (including phenoxy) is 1. The molecule has 0 fully saturated rings. The minimum Gasteiger partial charge on any atom is -0.461 e. The average molecular weight is 219 g/mol. The zero-order valence-corrected chi connectivity index (χ0v) is 8.57. The fourth-order valence-electron chi connectivity index (χ4n) is 1.26. The van der Waals surface area contributed by atoms with Gasteiger partial charge in [-0.1, -0.05) is 0 Å². The van der Waals surface area contributed by atoms with Gasteiger partial charge in [-0.3, -0.25) is 9.78 Å². The van der Waals surface area contributed by atoms with Gasteiger partial charge in [0, 0.05) is 0 Å². The largest absolute Gasteiger partial charge is 0.461 e. The quantitative estimate of drug-likeness (QED) is 0.675. The Morgan fingerprint density at radius 3 is 3.06 bits per heavy atom. The number of tetrazole rings is 1. The van der Waals surface area contributed by atoms with Crippen molar-refractivity contribution in [3.63, 3.8) is 0 Å². The van der Waals surface area contributed by atoms with Crippen LogP contribution in [0.15, 0.2) is 18.6 Å². The highest BCUT2D eigenvalue weighted by Gasteiger charge is 2.04. The summed E-state index contributed by atoms with van der Waals surface area (Å²) in [5.74, 6) is 0. The van der Waals surface area contributed by atoms with Crippen LogP contribution in [0.2, 0.25) is 0 Å². The maximum Gasteiger partial charge on any atom is 0.293 e. The van der Waals surface area contributed by atoms with Gasteiger partial charge in [0.2, 0.25) is 0 Å². The van der Waals surface area contributed by atoms with E-state index in [-0.39, 0.29) is 6.61 Å². The van der Waals surface area contributed by atoms with Crippen molar-refractivity contribution in [3.8, 4) is 5.69 Å². The number of pyridine rings is 1. The predicted octanol–water partition coefficient (Wildman–Crippen LogP) is 0.0387. The summed E-state index contributed by atoms with van der Waals surface area (Å²) in [5, 5.41) is 10.8. The predicted molar refractivity (Wildman–Crippen MR) is 52.5 cm³/mol. The summed E-state index contributed by atoms with van der Waals surface area (Å²) in [6, 6.07) is 1.87. The number of nitrogens with zero attached hydrogens (tertiary/aromatic N) is 5. The van der Waals surface area contributed by atoms with E-state index < -0.39 is 0 Å². The maximum absolute atomic E-state index is 10.1. The summed E-state index contributed by atoms with van der Waals surface area (Å²) in [5.41, 5.74) is 2.39. The van der Waals surface area contributed by atoms with Crippen LogP contribution in [0.3, 0.4) is 0 Å². The van der Waals surface area contributed by atoms with Crippen LogP contribution >= 0.6 is 0 Å². The Bertz CT molecular complexity index is 483. The minimum absolute atomic E-state index is 0.172. The summed E-state index contributed by atoms with van der Waals surface area (Å²) < 4.78 is 6.15. The fraction of sp³-hybridized carbons (Fsp3) is 0.222. The van der Waals surface area contributed by atoms with Crippen LogP contribution in [0.25, 0.3) is 5.69 Å². The van der Waals surface area contributed by atoms with Gasteiger partial charge in [-0.2, -0.15) is 4.68 Å². The molecule has 7 nitrogen and oxygen atoms in total. The fourth-order valence-corrected chi connectivity index (χ4v) is 1.26. The molecule has 0 radical (unpaired) electrons. The molecule has 0 spiro atoms. The lowest BCUT2D eigenvalue weighted by Gasteiger charge is -2.05. The van der Waals surface area contributed by atoms with Crippen LogP contribution in [0.1, 0.15) is 11.3 Å². The smallest absolute Gasteiger partial charge is 0.293 e. The lowest BCUT2D eigenvalue weighted by Crippen LogP contribution is -2.02. The van der Waals surface area contributed by atoms with Crippen molar-refractivity contribution >= 4 is 6.47 Å². The van der Waals surface area contributed by atoms with Crippen molar-refractivity contribution in [1.82, 2.24) is 25.2 Å². The highest BCUT2D eigenvalue weighted by molar-refractivity contribution is 5.38. The Labute approximate surface area is 91.1 Å². The zero-order valence-electron chi connectivity index (χ0n) is 8.57. The molecule has 82 valence electrons. The summed E-state index contributed by atoms with van der Waals surface area (Å²) in [6.07, 6.45) is 3.10. The third kappa shape index (κ3) is 2.02. The first-order chi connectivity index (χ1) is 7.81. The molecule has 0 aliphatic carbocycles. The highest BCUT2D eigenvalue weighted by Crippen LogP contribution is 2.10. The molecule has 2 aromatic rings. The van der Waals surface area contributed by atoms with Crippen LogP contribution in [0.4, 0.5) is 0 Å². The third-order valence-corrected chi connectivity index (χ3v) is 2.07. The second-order valence-electron chi connectivity index (χ2n) is 3.12. The lowest BCUT2D eigenvalue weighted by molar-refractivity contribution is -0.129. The molecule has 0 saturated heterocycles. The van der Waals surface area contributed by atoms with E-state index in [1.165, 1.54) is 11.0 Å². The molecule has 16 heavy (non-hydrogen) atoms. The average Bonchev–Trinajstić information content (AvgIpc) is 2.81. The van der Waals surface area contributed by atoms with Crippen molar-refractivity contribution in [2.45, 2.75) is 13.5 Å². The Morgan fingerprint density at radius 2 is 2.44 bits per heavy atom. The van der Waals surface area contributed by atoms with Crippen LogP contribution in [-0.2, 0) is 16.1 Å². The summed E-state index contributed by atoms with van der Waals surface area (Å²) in [4.78, 5) is 14.2. The number of hydrogen-bond acceptors (Lipinski definition) is 6. The molecule has 0 saturated carbocycles. The van der Waals surface area contributed by atoms with E-state index in [0.29, 0.717) is 12.2 Å². The maximum atomic E-state index is 10.1. The topological polar surface area (TPSA) is 82.8 Å². The molecule has 0 atom stereocenters. The Morgan fingerprint density at radius 1 is 1.56 bits per heavy atom. The lowest BCUT2D eigenvalue weighted by atomic mass is 10.2. The number of aromatic nitrogens is 5.